The van der Waals surface area contributed by atoms with Crippen LogP contribution in [0, 0.1) is 20.8 Å². The van der Waals surface area contributed by atoms with Crippen LogP contribution in [0.1, 0.15) is 48.0 Å². The van der Waals surface area contributed by atoms with Gasteiger partial charge in [0.15, 0.2) is 5.82 Å². The molecule has 1 N–H and O–H groups in total. The molecular formula is C32H33N5OS. The predicted molar refractivity (Wildman–Crippen MR) is 161 cm³/mol. The first-order valence-electron chi connectivity index (χ1n) is 13.5. The molecule has 6 aromatic rings. The molecule has 0 bridgehead atoms. The van der Waals surface area contributed by atoms with Gasteiger partial charge in [0.1, 0.15) is 11.6 Å². The van der Waals surface area contributed by atoms with E-state index in [0.717, 1.165) is 64.9 Å². The second-order valence-corrected chi connectivity index (χ2v) is 11.0. The maximum Gasteiger partial charge on any atom is 0.182 e. The van der Waals surface area contributed by atoms with Gasteiger partial charge in [-0.1, -0.05) is 54.9 Å². The van der Waals surface area contributed by atoms with Crippen molar-refractivity contribution in [3.05, 3.63) is 101 Å². The molecule has 0 radical (unpaired) electrons. The van der Waals surface area contributed by atoms with Crippen molar-refractivity contribution >= 4 is 39.7 Å². The van der Waals surface area contributed by atoms with Gasteiger partial charge >= 0.3 is 0 Å². The van der Waals surface area contributed by atoms with Gasteiger partial charge in [-0.3, -0.25) is 0 Å². The van der Waals surface area contributed by atoms with E-state index in [4.69, 9.17) is 9.51 Å². The standard InChI is InChI=1S/C32H33N5OS/c1-5-6-15-31-33-26-18-21(2)16-17-28(26)37(31)20-24-19-36(27-12-8-7-11-25(24)27)29-13-9-10-14-30(29)39-35-32-22(3)23(4)38-34-32/h7-14,16-19H,5-6,15,20H2,1-4H3,(H,34,35). The average molecular weight is 536 g/mol. The van der Waals surface area contributed by atoms with Crippen molar-refractivity contribution in [3.8, 4) is 5.69 Å². The molecule has 3 heterocycles. The molecule has 3 aromatic heterocycles. The van der Waals surface area contributed by atoms with E-state index < -0.39 is 0 Å². The van der Waals surface area contributed by atoms with Gasteiger partial charge in [0.05, 0.1) is 33.7 Å². The highest BCUT2D eigenvalue weighted by atomic mass is 32.2. The second-order valence-electron chi connectivity index (χ2n) is 10.1. The third-order valence-electron chi connectivity index (χ3n) is 7.40. The van der Waals surface area contributed by atoms with Gasteiger partial charge in [-0.2, -0.15) is 0 Å². The fraction of sp³-hybridized carbons (Fsp3) is 0.250. The number of hydrogen-bond acceptors (Lipinski definition) is 5. The molecule has 0 saturated heterocycles. The maximum absolute atomic E-state index is 5.34. The third kappa shape index (κ3) is 4.83. The number of nitrogens with one attached hydrogen (secondary N) is 1. The number of imidazole rings is 1. The molecule has 0 fully saturated rings. The summed E-state index contributed by atoms with van der Waals surface area (Å²) >= 11 is 1.55. The number of anilines is 1. The Labute approximate surface area is 233 Å². The second kappa shape index (κ2) is 10.7. The fourth-order valence-electron chi connectivity index (χ4n) is 5.10. The smallest absolute Gasteiger partial charge is 0.182 e. The Balaban J connectivity index is 1.41. The van der Waals surface area contributed by atoms with Crippen LogP contribution >= 0.6 is 11.9 Å². The van der Waals surface area contributed by atoms with Crippen LogP contribution in [0.5, 0.6) is 0 Å². The van der Waals surface area contributed by atoms with E-state index in [9.17, 15) is 0 Å². The lowest BCUT2D eigenvalue weighted by atomic mass is 10.1. The lowest BCUT2D eigenvalue weighted by molar-refractivity contribution is 0.399. The monoisotopic (exact) mass is 535 g/mol. The van der Waals surface area contributed by atoms with Crippen molar-refractivity contribution in [1.82, 2.24) is 19.3 Å². The Hall–Kier alpha value is -3.97. The largest absolute Gasteiger partial charge is 0.359 e. The topological polar surface area (TPSA) is 60.8 Å². The normalized spacial score (nSPS) is 11.6. The Bertz CT molecular complexity index is 1780. The molecule has 0 amide bonds. The van der Waals surface area contributed by atoms with E-state index in [-0.39, 0.29) is 0 Å². The van der Waals surface area contributed by atoms with Crippen molar-refractivity contribution in [2.24, 2.45) is 0 Å². The molecule has 7 heteroatoms. The van der Waals surface area contributed by atoms with Gasteiger partial charge in [-0.15, -0.1) is 0 Å². The van der Waals surface area contributed by atoms with Gasteiger partial charge in [-0.25, -0.2) is 4.98 Å². The highest BCUT2D eigenvalue weighted by Gasteiger charge is 2.17. The lowest BCUT2D eigenvalue weighted by Crippen LogP contribution is -2.05. The van der Waals surface area contributed by atoms with Crippen LogP contribution < -0.4 is 4.72 Å². The summed E-state index contributed by atoms with van der Waals surface area (Å²) in [6, 6.07) is 23.7. The van der Waals surface area contributed by atoms with Crippen molar-refractivity contribution in [2.45, 2.75) is 58.4 Å². The number of hydrogen-bond donors (Lipinski definition) is 1. The minimum Gasteiger partial charge on any atom is -0.359 e. The van der Waals surface area contributed by atoms with E-state index in [2.05, 4.69) is 106 Å². The van der Waals surface area contributed by atoms with E-state index in [1.54, 1.807) is 11.9 Å². The number of aryl methyl sites for hydroxylation is 3. The molecule has 0 spiro atoms. The molecule has 0 atom stereocenters. The lowest BCUT2D eigenvalue weighted by Gasteiger charge is -2.12. The number of fused-ring (bicyclic) bond motifs is 2. The molecule has 0 unspecified atom stereocenters. The van der Waals surface area contributed by atoms with Gasteiger partial charge < -0.3 is 18.4 Å². The van der Waals surface area contributed by atoms with Crippen LogP contribution in [0.25, 0.3) is 27.6 Å². The van der Waals surface area contributed by atoms with Crippen LogP contribution in [-0.2, 0) is 13.0 Å². The molecule has 0 saturated carbocycles. The predicted octanol–water partition coefficient (Wildman–Crippen LogP) is 8.40. The van der Waals surface area contributed by atoms with Crippen molar-refractivity contribution < 1.29 is 4.52 Å². The van der Waals surface area contributed by atoms with Gasteiger partial charge in [0.25, 0.3) is 0 Å². The van der Waals surface area contributed by atoms with Crippen LogP contribution in [0.3, 0.4) is 0 Å². The molecular weight excluding hydrogens is 502 g/mol. The first-order valence-corrected chi connectivity index (χ1v) is 14.3. The van der Waals surface area contributed by atoms with Crippen LogP contribution in [0.15, 0.2) is 82.3 Å². The summed E-state index contributed by atoms with van der Waals surface area (Å²) in [5.41, 5.74) is 8.12. The minimum atomic E-state index is 0.757. The Kier molecular flexibility index (Phi) is 6.92. The summed E-state index contributed by atoms with van der Waals surface area (Å²) in [5.74, 6) is 2.74. The zero-order valence-electron chi connectivity index (χ0n) is 22.9. The van der Waals surface area contributed by atoms with Crippen molar-refractivity contribution in [3.63, 3.8) is 0 Å². The van der Waals surface area contributed by atoms with Crippen LogP contribution in [0.4, 0.5) is 5.82 Å². The maximum atomic E-state index is 5.34. The molecule has 39 heavy (non-hydrogen) atoms. The van der Waals surface area contributed by atoms with Crippen LogP contribution in [-0.4, -0.2) is 19.3 Å². The van der Waals surface area contributed by atoms with E-state index >= 15 is 0 Å². The number of para-hydroxylation sites is 2. The Morgan fingerprint density at radius 1 is 0.949 bits per heavy atom. The Morgan fingerprint density at radius 3 is 2.59 bits per heavy atom. The Morgan fingerprint density at radius 2 is 1.77 bits per heavy atom. The molecule has 0 aliphatic carbocycles. The SMILES string of the molecule is CCCCc1nc2cc(C)ccc2n1Cc1cn(-c2ccccc2SNc2noc(C)c2C)c2ccccc12. The molecule has 0 aliphatic heterocycles. The third-order valence-corrected chi connectivity index (χ3v) is 8.26. The van der Waals surface area contributed by atoms with Gasteiger partial charge in [-0.05, 0) is 80.6 Å². The summed E-state index contributed by atoms with van der Waals surface area (Å²) in [6.45, 7) is 9.09. The summed E-state index contributed by atoms with van der Waals surface area (Å²) in [5, 5.41) is 5.42. The summed E-state index contributed by atoms with van der Waals surface area (Å²) in [4.78, 5) is 6.17. The molecule has 3 aromatic carbocycles. The molecule has 6 nitrogen and oxygen atoms in total. The highest BCUT2D eigenvalue weighted by molar-refractivity contribution is 8.00. The van der Waals surface area contributed by atoms with E-state index in [1.807, 2.05) is 13.8 Å². The number of benzene rings is 3. The molecule has 6 rings (SSSR count). The molecule has 198 valence electrons. The van der Waals surface area contributed by atoms with Gasteiger partial charge in [0.2, 0.25) is 0 Å². The summed E-state index contributed by atoms with van der Waals surface area (Å²) in [7, 11) is 0. The average Bonchev–Trinajstić information content (AvgIpc) is 3.60. The number of unbranched alkanes of at least 4 members (excludes halogenated alkanes) is 1. The van der Waals surface area contributed by atoms with E-state index in [1.165, 1.54) is 27.5 Å². The fourth-order valence-corrected chi connectivity index (χ4v) is 5.91. The minimum absolute atomic E-state index is 0.757. The molecule has 0 aliphatic rings. The zero-order chi connectivity index (χ0) is 26.9. The number of rotatable bonds is 9. The number of nitrogens with zero attached hydrogens (tertiary/aromatic N) is 4. The highest BCUT2D eigenvalue weighted by Crippen LogP contribution is 2.33. The van der Waals surface area contributed by atoms with Crippen molar-refractivity contribution in [2.75, 3.05) is 4.72 Å². The number of aromatic nitrogens is 4. The van der Waals surface area contributed by atoms with E-state index in [0.29, 0.717) is 0 Å². The zero-order valence-corrected chi connectivity index (χ0v) is 23.7. The first-order chi connectivity index (χ1) is 19.0. The van der Waals surface area contributed by atoms with Crippen molar-refractivity contribution in [1.29, 1.82) is 0 Å². The van der Waals surface area contributed by atoms with Crippen LogP contribution in [0.2, 0.25) is 0 Å². The summed E-state index contributed by atoms with van der Waals surface area (Å²) < 4.78 is 13.5. The summed E-state index contributed by atoms with van der Waals surface area (Å²) in [6.07, 6.45) is 5.55. The van der Waals surface area contributed by atoms with Gasteiger partial charge in [0, 0.05) is 23.6 Å². The quantitative estimate of drug-likeness (QED) is 0.188. The first kappa shape index (κ1) is 25.3.